The summed E-state index contributed by atoms with van der Waals surface area (Å²) in [7, 11) is 0. The summed E-state index contributed by atoms with van der Waals surface area (Å²) >= 11 is 0. The van der Waals surface area contributed by atoms with E-state index in [1.54, 1.807) is 0 Å². The van der Waals surface area contributed by atoms with Crippen molar-refractivity contribution in [3.63, 3.8) is 0 Å². The smallest absolute Gasteiger partial charge is 0.0856 e. The van der Waals surface area contributed by atoms with Crippen LogP contribution in [0.25, 0.3) is 0 Å². The zero-order valence-corrected chi connectivity index (χ0v) is 4.54. The molecule has 0 amide bonds. The van der Waals surface area contributed by atoms with E-state index in [2.05, 4.69) is 0 Å². The molecule has 0 atom stereocenters. The van der Waals surface area contributed by atoms with Crippen molar-refractivity contribution in [2.75, 3.05) is 19.8 Å². The van der Waals surface area contributed by atoms with Gasteiger partial charge in [-0.2, -0.15) is 0 Å². The highest BCUT2D eigenvalue weighted by molar-refractivity contribution is 4.80. The molecule has 0 radical (unpaired) electrons. The minimum Gasteiger partial charge on any atom is -0.394 e. The zero-order valence-electron chi connectivity index (χ0n) is 4.54. The van der Waals surface area contributed by atoms with E-state index in [4.69, 9.17) is 21.1 Å². The Labute approximate surface area is 54.9 Å². The second kappa shape index (κ2) is 4.69. The molecule has 0 fully saturated rings. The van der Waals surface area contributed by atoms with Gasteiger partial charge in [0.05, 0.1) is 25.4 Å². The van der Waals surface area contributed by atoms with E-state index < -0.39 is 25.4 Å². The maximum Gasteiger partial charge on any atom is 0.0856 e. The van der Waals surface area contributed by atoms with Crippen molar-refractivity contribution in [3.8, 4) is 0 Å². The fourth-order valence-corrected chi connectivity index (χ4v) is 0.150. The third-order valence-corrected chi connectivity index (χ3v) is 0.945. The molecule has 4 heteroatoms. The van der Waals surface area contributed by atoms with Crippen LogP contribution in [-0.2, 0) is 0 Å². The Kier molecular flexibility index (Phi) is 6.06. The van der Waals surface area contributed by atoms with E-state index >= 15 is 0 Å². The van der Waals surface area contributed by atoms with Gasteiger partial charge in [-0.25, -0.2) is 0 Å². The summed E-state index contributed by atoms with van der Waals surface area (Å²) in [5.41, 5.74) is 3.94. The molecule has 58 valence electrons. The summed E-state index contributed by atoms with van der Waals surface area (Å²) in [5.74, 6) is 0. The molecular weight excluding hydrogens is 122 g/mol. The Morgan fingerprint density at radius 1 is 1.00 bits per heavy atom. The highest BCUT2D eigenvalue weighted by Crippen LogP contribution is 1.93. The number of aliphatic hydroxyl groups is 3. The predicted octanol–water partition coefficient (Wildman–Crippen LogP) is -1.70. The summed E-state index contributed by atoms with van der Waals surface area (Å²) in [6, 6.07) is 0. The molecule has 0 aromatic carbocycles. The van der Waals surface area contributed by atoms with Gasteiger partial charge in [0.25, 0.3) is 0 Å². The average Bonchev–Trinajstić information content (AvgIpc) is 1.87. The van der Waals surface area contributed by atoms with E-state index in [1.165, 1.54) is 0 Å². The Bertz CT molecular complexity index is 55.0. The molecule has 0 saturated heterocycles. The second-order valence-corrected chi connectivity index (χ2v) is 1.84. The first kappa shape index (κ1) is 11.6. The van der Waals surface area contributed by atoms with Gasteiger partial charge in [0.15, 0.2) is 0 Å². The standard InChI is InChI=1S/C4H11NO3.CH4/c5-4(1-6,2-7)3-8;/h6-8H,1-3,5H2;1H4. The van der Waals surface area contributed by atoms with E-state index in [0.29, 0.717) is 0 Å². The third kappa shape index (κ3) is 3.42. The lowest BCUT2D eigenvalue weighted by Gasteiger charge is -2.20. The highest BCUT2D eigenvalue weighted by Gasteiger charge is 2.20. The average molecular weight is 137 g/mol. The van der Waals surface area contributed by atoms with E-state index in [0.717, 1.165) is 0 Å². The molecule has 0 spiro atoms. The van der Waals surface area contributed by atoms with Gasteiger partial charge in [0.1, 0.15) is 0 Å². The SMILES string of the molecule is C.NC(CO)(CO)CO. The summed E-state index contributed by atoms with van der Waals surface area (Å²) < 4.78 is 0. The first-order chi connectivity index (χ1) is 3.68. The Balaban J connectivity index is 0. The monoisotopic (exact) mass is 137 g/mol. The van der Waals surface area contributed by atoms with Crippen molar-refractivity contribution >= 4 is 0 Å². The molecule has 0 aromatic rings. The van der Waals surface area contributed by atoms with Crippen LogP contribution in [0.15, 0.2) is 0 Å². The Morgan fingerprint density at radius 2 is 1.22 bits per heavy atom. The molecule has 0 heterocycles. The molecule has 0 aliphatic heterocycles. The van der Waals surface area contributed by atoms with Crippen molar-refractivity contribution in [2.24, 2.45) is 5.73 Å². The first-order valence-corrected chi connectivity index (χ1v) is 2.30. The minimum atomic E-state index is -1.21. The van der Waals surface area contributed by atoms with E-state index in [9.17, 15) is 0 Å². The Hall–Kier alpha value is -0.160. The fraction of sp³-hybridized carbons (Fsp3) is 1.00. The first-order valence-electron chi connectivity index (χ1n) is 2.30. The predicted molar refractivity (Wildman–Crippen MR) is 34.9 cm³/mol. The molecule has 0 aliphatic carbocycles. The van der Waals surface area contributed by atoms with E-state index in [1.807, 2.05) is 0 Å². The van der Waals surface area contributed by atoms with Crippen molar-refractivity contribution in [2.45, 2.75) is 13.0 Å². The lowest BCUT2D eigenvalue weighted by molar-refractivity contribution is 0.0698. The van der Waals surface area contributed by atoms with Crippen LogP contribution in [0, 0.1) is 0 Å². The topological polar surface area (TPSA) is 86.7 Å². The van der Waals surface area contributed by atoms with E-state index in [-0.39, 0.29) is 7.43 Å². The highest BCUT2D eigenvalue weighted by atomic mass is 16.3. The lowest BCUT2D eigenvalue weighted by Crippen LogP contribution is -2.50. The minimum absolute atomic E-state index is 0. The summed E-state index contributed by atoms with van der Waals surface area (Å²) in [5, 5.41) is 25.0. The summed E-state index contributed by atoms with van der Waals surface area (Å²) in [4.78, 5) is 0. The van der Waals surface area contributed by atoms with Gasteiger partial charge in [-0.3, -0.25) is 0 Å². The van der Waals surface area contributed by atoms with Crippen LogP contribution in [-0.4, -0.2) is 40.7 Å². The molecule has 0 aliphatic rings. The number of rotatable bonds is 3. The maximum absolute atomic E-state index is 8.34. The summed E-state index contributed by atoms with van der Waals surface area (Å²) in [6.07, 6.45) is 0. The molecule has 0 bridgehead atoms. The number of nitrogens with two attached hydrogens (primary N) is 1. The number of hydrogen-bond donors (Lipinski definition) is 4. The molecule has 5 N–H and O–H groups in total. The molecule has 4 nitrogen and oxygen atoms in total. The number of aliphatic hydroxyl groups excluding tert-OH is 3. The van der Waals surface area contributed by atoms with Gasteiger partial charge < -0.3 is 21.1 Å². The second-order valence-electron chi connectivity index (χ2n) is 1.84. The van der Waals surface area contributed by atoms with Crippen LogP contribution in [0.4, 0.5) is 0 Å². The normalized spacial score (nSPS) is 10.7. The van der Waals surface area contributed by atoms with Gasteiger partial charge in [-0.15, -0.1) is 0 Å². The van der Waals surface area contributed by atoms with Crippen LogP contribution >= 0.6 is 0 Å². The largest absolute Gasteiger partial charge is 0.394 e. The molecule has 0 rings (SSSR count). The van der Waals surface area contributed by atoms with Crippen molar-refractivity contribution in [1.82, 2.24) is 0 Å². The molecular formula is C5H15NO3. The quantitative estimate of drug-likeness (QED) is 0.373. The van der Waals surface area contributed by atoms with Crippen LogP contribution < -0.4 is 5.73 Å². The zero-order chi connectivity index (χ0) is 6.62. The Morgan fingerprint density at radius 3 is 1.22 bits per heavy atom. The molecule has 9 heavy (non-hydrogen) atoms. The number of hydrogen-bond acceptors (Lipinski definition) is 4. The van der Waals surface area contributed by atoms with Crippen LogP contribution in [0.5, 0.6) is 0 Å². The van der Waals surface area contributed by atoms with Gasteiger partial charge in [-0.1, -0.05) is 7.43 Å². The van der Waals surface area contributed by atoms with Crippen LogP contribution in [0.3, 0.4) is 0 Å². The maximum atomic E-state index is 8.34. The summed E-state index contributed by atoms with van der Waals surface area (Å²) in [6.45, 7) is -1.21. The van der Waals surface area contributed by atoms with Gasteiger partial charge >= 0.3 is 0 Å². The van der Waals surface area contributed by atoms with Gasteiger partial charge in [0, 0.05) is 0 Å². The van der Waals surface area contributed by atoms with Gasteiger partial charge in [-0.05, 0) is 0 Å². The fourth-order valence-electron chi connectivity index (χ4n) is 0.150. The lowest BCUT2D eigenvalue weighted by atomic mass is 10.1. The molecule has 0 aromatic heterocycles. The third-order valence-electron chi connectivity index (χ3n) is 0.945. The van der Waals surface area contributed by atoms with Crippen molar-refractivity contribution in [3.05, 3.63) is 0 Å². The van der Waals surface area contributed by atoms with Gasteiger partial charge in [0.2, 0.25) is 0 Å². The molecule has 0 unspecified atom stereocenters. The van der Waals surface area contributed by atoms with Crippen LogP contribution in [0.1, 0.15) is 7.43 Å². The van der Waals surface area contributed by atoms with Crippen LogP contribution in [0.2, 0.25) is 0 Å². The molecule has 0 saturated carbocycles. The van der Waals surface area contributed by atoms with Crippen molar-refractivity contribution in [1.29, 1.82) is 0 Å². The van der Waals surface area contributed by atoms with Crippen molar-refractivity contribution < 1.29 is 15.3 Å².